The van der Waals surface area contributed by atoms with E-state index in [9.17, 15) is 4.79 Å². The van der Waals surface area contributed by atoms with Gasteiger partial charge in [0.25, 0.3) is 5.91 Å². The third-order valence-corrected chi connectivity index (χ3v) is 4.66. The lowest BCUT2D eigenvalue weighted by atomic mass is 9.97. The molecule has 3 heterocycles. The Morgan fingerprint density at radius 2 is 2.00 bits per heavy atom. The van der Waals surface area contributed by atoms with Gasteiger partial charge >= 0.3 is 0 Å². The smallest absolute Gasteiger partial charge is 0.272 e. The Balaban J connectivity index is 1.61. The van der Waals surface area contributed by atoms with Gasteiger partial charge in [0.1, 0.15) is 11.5 Å². The number of aromatic nitrogens is 2. The van der Waals surface area contributed by atoms with Gasteiger partial charge in [0.2, 0.25) is 0 Å². The monoisotopic (exact) mass is 288 g/mol. The van der Waals surface area contributed by atoms with Gasteiger partial charge in [-0.1, -0.05) is 6.42 Å². The number of nitrogens with zero attached hydrogens (tertiary/aromatic N) is 4. The molecule has 2 saturated heterocycles. The van der Waals surface area contributed by atoms with Gasteiger partial charge in [0.15, 0.2) is 0 Å². The average Bonchev–Trinajstić information content (AvgIpc) is 2.38. The molecule has 0 saturated carbocycles. The minimum absolute atomic E-state index is 0.0458. The summed E-state index contributed by atoms with van der Waals surface area (Å²) in [7, 11) is 0. The average molecular weight is 288 g/mol. The largest absolute Gasteiger partial charge is 0.334 e. The molecule has 1 aromatic rings. The first-order valence-electron chi connectivity index (χ1n) is 7.92. The van der Waals surface area contributed by atoms with Crippen LogP contribution in [0.1, 0.15) is 48.2 Å². The molecular formula is C16H24N4O. The molecule has 0 aromatic carbocycles. The molecule has 1 atom stereocenters. The zero-order valence-corrected chi connectivity index (χ0v) is 13.2. The summed E-state index contributed by atoms with van der Waals surface area (Å²) in [5.41, 5.74) is 1.39. The molecule has 5 nitrogen and oxygen atoms in total. The molecule has 1 aromatic heterocycles. The van der Waals surface area contributed by atoms with Crippen LogP contribution in [0.25, 0.3) is 0 Å². The fourth-order valence-electron chi connectivity index (χ4n) is 3.48. The standard InChI is InChI=1S/C16H24N4O/c1-11-8-15(18-13(3)17-11)16(21)19-9-14(10-19)20-7-5-4-6-12(20)2/h8,12,14H,4-7,9-10H2,1-3H3. The number of carbonyl (C=O) groups excluding carboxylic acids is 1. The second kappa shape index (κ2) is 5.72. The maximum absolute atomic E-state index is 12.5. The van der Waals surface area contributed by atoms with Crippen LogP contribution in [-0.2, 0) is 0 Å². The maximum Gasteiger partial charge on any atom is 0.272 e. The summed E-state index contributed by atoms with van der Waals surface area (Å²) in [4.78, 5) is 25.4. The minimum Gasteiger partial charge on any atom is -0.334 e. The summed E-state index contributed by atoms with van der Waals surface area (Å²) in [5.74, 6) is 0.713. The van der Waals surface area contributed by atoms with Crippen molar-refractivity contribution in [3.63, 3.8) is 0 Å². The summed E-state index contributed by atoms with van der Waals surface area (Å²) < 4.78 is 0. The first-order chi connectivity index (χ1) is 10.0. The van der Waals surface area contributed by atoms with Crippen molar-refractivity contribution in [1.29, 1.82) is 0 Å². The third kappa shape index (κ3) is 2.93. The summed E-state index contributed by atoms with van der Waals surface area (Å²) in [6, 6.07) is 2.98. The molecule has 3 rings (SSSR count). The Bertz CT molecular complexity index is 519. The second-order valence-corrected chi connectivity index (χ2v) is 6.39. The van der Waals surface area contributed by atoms with E-state index >= 15 is 0 Å². The number of amides is 1. The third-order valence-electron chi connectivity index (χ3n) is 4.66. The van der Waals surface area contributed by atoms with Gasteiger partial charge in [-0.25, -0.2) is 9.97 Å². The first-order valence-corrected chi connectivity index (χ1v) is 7.92. The maximum atomic E-state index is 12.5. The van der Waals surface area contributed by atoms with Crippen LogP contribution in [0.4, 0.5) is 0 Å². The fourth-order valence-corrected chi connectivity index (χ4v) is 3.48. The number of likely N-dealkylation sites (tertiary alicyclic amines) is 2. The van der Waals surface area contributed by atoms with Crippen molar-refractivity contribution in [3.05, 3.63) is 23.3 Å². The lowest BCUT2D eigenvalue weighted by Gasteiger charge is -2.49. The van der Waals surface area contributed by atoms with E-state index in [1.807, 2.05) is 18.7 Å². The van der Waals surface area contributed by atoms with Gasteiger partial charge in [0, 0.05) is 30.9 Å². The van der Waals surface area contributed by atoms with Gasteiger partial charge in [-0.15, -0.1) is 0 Å². The van der Waals surface area contributed by atoms with E-state index in [0.717, 1.165) is 18.8 Å². The Labute approximate surface area is 126 Å². The SMILES string of the molecule is Cc1cc(C(=O)N2CC(N3CCCCC3C)C2)nc(C)n1. The molecule has 2 aliphatic heterocycles. The van der Waals surface area contributed by atoms with Crippen molar-refractivity contribution in [2.45, 2.75) is 52.1 Å². The van der Waals surface area contributed by atoms with Crippen LogP contribution in [0.3, 0.4) is 0 Å². The van der Waals surface area contributed by atoms with E-state index in [0.29, 0.717) is 23.6 Å². The summed E-state index contributed by atoms with van der Waals surface area (Å²) >= 11 is 0. The first kappa shape index (κ1) is 14.4. The Kier molecular flexibility index (Phi) is 3.93. The van der Waals surface area contributed by atoms with Crippen molar-refractivity contribution in [1.82, 2.24) is 19.8 Å². The van der Waals surface area contributed by atoms with Gasteiger partial charge in [-0.05, 0) is 46.2 Å². The Morgan fingerprint density at radius 3 is 2.67 bits per heavy atom. The number of hydrogen-bond donors (Lipinski definition) is 0. The van der Waals surface area contributed by atoms with E-state index in [1.165, 1.54) is 25.8 Å². The second-order valence-electron chi connectivity index (χ2n) is 6.39. The highest BCUT2D eigenvalue weighted by molar-refractivity contribution is 5.93. The van der Waals surface area contributed by atoms with Gasteiger partial charge in [0.05, 0.1) is 0 Å². The van der Waals surface area contributed by atoms with Crippen LogP contribution in [-0.4, -0.2) is 57.4 Å². The van der Waals surface area contributed by atoms with Crippen LogP contribution < -0.4 is 0 Å². The van der Waals surface area contributed by atoms with E-state index < -0.39 is 0 Å². The topological polar surface area (TPSA) is 49.3 Å². The zero-order chi connectivity index (χ0) is 15.0. The molecular weight excluding hydrogens is 264 g/mol. The number of piperidine rings is 1. The molecule has 0 spiro atoms. The van der Waals surface area contributed by atoms with E-state index in [-0.39, 0.29) is 5.91 Å². The fraction of sp³-hybridized carbons (Fsp3) is 0.688. The van der Waals surface area contributed by atoms with E-state index in [4.69, 9.17) is 0 Å². The van der Waals surface area contributed by atoms with Gasteiger partial charge < -0.3 is 4.90 Å². The van der Waals surface area contributed by atoms with Crippen molar-refractivity contribution in [2.24, 2.45) is 0 Å². The summed E-state index contributed by atoms with van der Waals surface area (Å²) in [6.45, 7) is 8.90. The molecule has 0 aliphatic carbocycles. The van der Waals surface area contributed by atoms with E-state index in [1.54, 1.807) is 6.07 Å². The lowest BCUT2D eigenvalue weighted by molar-refractivity contribution is 0.00178. The highest BCUT2D eigenvalue weighted by atomic mass is 16.2. The molecule has 1 unspecified atom stereocenters. The van der Waals surface area contributed by atoms with Crippen molar-refractivity contribution in [2.75, 3.05) is 19.6 Å². The summed E-state index contributed by atoms with van der Waals surface area (Å²) in [5, 5.41) is 0. The zero-order valence-electron chi connectivity index (χ0n) is 13.2. The summed E-state index contributed by atoms with van der Waals surface area (Å²) in [6.07, 6.45) is 3.92. The van der Waals surface area contributed by atoms with E-state index in [2.05, 4.69) is 21.8 Å². The van der Waals surface area contributed by atoms with Crippen LogP contribution in [0.5, 0.6) is 0 Å². The van der Waals surface area contributed by atoms with Crippen LogP contribution in [0.15, 0.2) is 6.07 Å². The molecule has 0 N–H and O–H groups in total. The molecule has 0 radical (unpaired) electrons. The Hall–Kier alpha value is -1.49. The van der Waals surface area contributed by atoms with Crippen molar-refractivity contribution < 1.29 is 4.79 Å². The number of aryl methyl sites for hydroxylation is 2. The molecule has 1 amide bonds. The molecule has 2 aliphatic rings. The lowest BCUT2D eigenvalue weighted by Crippen LogP contribution is -2.63. The highest BCUT2D eigenvalue weighted by Crippen LogP contribution is 2.25. The van der Waals surface area contributed by atoms with Crippen molar-refractivity contribution >= 4 is 5.91 Å². The number of carbonyl (C=O) groups is 1. The minimum atomic E-state index is 0.0458. The van der Waals surface area contributed by atoms with Gasteiger partial charge in [-0.2, -0.15) is 0 Å². The molecule has 114 valence electrons. The molecule has 5 heteroatoms. The normalized spacial score (nSPS) is 24.0. The predicted molar refractivity (Wildman–Crippen MR) is 81.2 cm³/mol. The highest BCUT2D eigenvalue weighted by Gasteiger charge is 2.38. The van der Waals surface area contributed by atoms with Crippen LogP contribution in [0, 0.1) is 13.8 Å². The van der Waals surface area contributed by atoms with Gasteiger partial charge in [-0.3, -0.25) is 9.69 Å². The van der Waals surface area contributed by atoms with Crippen LogP contribution >= 0.6 is 0 Å². The molecule has 0 bridgehead atoms. The predicted octanol–water partition coefficient (Wildman–Crippen LogP) is 1.79. The van der Waals surface area contributed by atoms with Crippen molar-refractivity contribution in [3.8, 4) is 0 Å². The molecule has 21 heavy (non-hydrogen) atoms. The Morgan fingerprint density at radius 1 is 1.24 bits per heavy atom. The quantitative estimate of drug-likeness (QED) is 0.832. The van der Waals surface area contributed by atoms with Crippen LogP contribution in [0.2, 0.25) is 0 Å². The number of rotatable bonds is 2. The molecule has 2 fully saturated rings. The number of hydrogen-bond acceptors (Lipinski definition) is 4.